The minimum absolute atomic E-state index is 0.186. The number of hydrogen-bond donors (Lipinski definition) is 1. The molecule has 0 aromatic heterocycles. The van der Waals surface area contributed by atoms with E-state index in [1.54, 1.807) is 11.8 Å². The topological polar surface area (TPSA) is 75.7 Å². The van der Waals surface area contributed by atoms with E-state index in [1.807, 2.05) is 24.3 Å². The molecule has 2 aromatic rings. The van der Waals surface area contributed by atoms with Crippen LogP contribution in [0.4, 0.5) is 10.1 Å². The summed E-state index contributed by atoms with van der Waals surface area (Å²) in [6.07, 6.45) is 0.908. The van der Waals surface area contributed by atoms with Crippen molar-refractivity contribution in [3.8, 4) is 0 Å². The minimum Gasteiger partial charge on any atom is -0.452 e. The molecule has 0 unspecified atom stereocenters. The Kier molecular flexibility index (Phi) is 7.39. The number of carbonyl (C=O) groups is 3. The number of aryl methyl sites for hydroxylation is 1. The smallest absolute Gasteiger partial charge is 0.309 e. The van der Waals surface area contributed by atoms with E-state index in [0.29, 0.717) is 37.2 Å². The van der Waals surface area contributed by atoms with Crippen LogP contribution in [0.15, 0.2) is 48.5 Å². The predicted molar refractivity (Wildman–Crippen MR) is 115 cm³/mol. The Labute approximate surface area is 181 Å². The quantitative estimate of drug-likeness (QED) is 0.713. The lowest BCUT2D eigenvalue weighted by Gasteiger charge is -2.31. The fourth-order valence-electron chi connectivity index (χ4n) is 3.48. The van der Waals surface area contributed by atoms with Crippen molar-refractivity contribution in [1.82, 2.24) is 4.90 Å². The van der Waals surface area contributed by atoms with Gasteiger partial charge >= 0.3 is 5.97 Å². The van der Waals surface area contributed by atoms with Crippen LogP contribution in [0, 0.1) is 11.7 Å². The maximum absolute atomic E-state index is 13.0. The van der Waals surface area contributed by atoms with Gasteiger partial charge in [-0.05, 0) is 68.1 Å². The highest BCUT2D eigenvalue weighted by Crippen LogP contribution is 2.21. The Bertz CT molecular complexity index is 920. The normalized spacial score (nSPS) is 15.3. The third kappa shape index (κ3) is 5.90. The minimum atomic E-state index is -0.919. The Morgan fingerprint density at radius 3 is 2.26 bits per heavy atom. The fourth-order valence-corrected chi connectivity index (χ4v) is 3.48. The number of nitrogens with one attached hydrogen (secondary N) is 1. The second-order valence-corrected chi connectivity index (χ2v) is 7.69. The van der Waals surface area contributed by atoms with E-state index in [4.69, 9.17) is 4.74 Å². The summed E-state index contributed by atoms with van der Waals surface area (Å²) in [7, 11) is 0. The first-order chi connectivity index (χ1) is 14.9. The first-order valence-electron chi connectivity index (χ1n) is 10.5. The zero-order valence-corrected chi connectivity index (χ0v) is 17.8. The molecule has 1 fully saturated rings. The number of esters is 1. The number of hydrogen-bond acceptors (Lipinski definition) is 4. The van der Waals surface area contributed by atoms with E-state index >= 15 is 0 Å². The van der Waals surface area contributed by atoms with E-state index < -0.39 is 17.9 Å². The van der Waals surface area contributed by atoms with E-state index in [2.05, 4.69) is 12.2 Å². The molecule has 7 heteroatoms. The highest BCUT2D eigenvalue weighted by molar-refractivity contribution is 5.95. The highest BCUT2D eigenvalue weighted by atomic mass is 19.1. The van der Waals surface area contributed by atoms with Crippen LogP contribution in [0.5, 0.6) is 0 Å². The van der Waals surface area contributed by atoms with Crippen molar-refractivity contribution in [2.45, 2.75) is 39.2 Å². The maximum Gasteiger partial charge on any atom is 0.309 e. The highest BCUT2D eigenvalue weighted by Gasteiger charge is 2.30. The van der Waals surface area contributed by atoms with Gasteiger partial charge in [-0.2, -0.15) is 0 Å². The third-order valence-electron chi connectivity index (χ3n) is 5.50. The molecule has 2 aromatic carbocycles. The van der Waals surface area contributed by atoms with Gasteiger partial charge in [0.25, 0.3) is 11.8 Å². The summed E-state index contributed by atoms with van der Waals surface area (Å²) in [5.74, 6) is -1.77. The Hall–Kier alpha value is -3.22. The molecule has 0 saturated carbocycles. The van der Waals surface area contributed by atoms with Gasteiger partial charge in [-0.15, -0.1) is 0 Å². The molecule has 2 amide bonds. The maximum atomic E-state index is 13.0. The van der Waals surface area contributed by atoms with Crippen LogP contribution in [0.25, 0.3) is 0 Å². The number of benzene rings is 2. The SMILES string of the molecule is CCc1ccc(NC(=O)[C@@H](C)OC(=O)C2CCN(C(=O)c3ccc(F)cc3)CC2)cc1. The number of amides is 2. The van der Waals surface area contributed by atoms with E-state index in [-0.39, 0.29) is 17.7 Å². The van der Waals surface area contributed by atoms with E-state index in [9.17, 15) is 18.8 Å². The van der Waals surface area contributed by atoms with Crippen molar-refractivity contribution in [3.05, 3.63) is 65.5 Å². The van der Waals surface area contributed by atoms with Gasteiger partial charge in [0, 0.05) is 24.3 Å². The number of carbonyl (C=O) groups excluding carboxylic acids is 3. The summed E-state index contributed by atoms with van der Waals surface area (Å²) < 4.78 is 18.4. The van der Waals surface area contributed by atoms with Crippen LogP contribution in [-0.4, -0.2) is 41.9 Å². The van der Waals surface area contributed by atoms with Gasteiger partial charge < -0.3 is 15.0 Å². The summed E-state index contributed by atoms with van der Waals surface area (Å²) in [6, 6.07) is 12.9. The second kappa shape index (κ2) is 10.2. The number of halogens is 1. The molecule has 1 saturated heterocycles. The number of anilines is 1. The molecule has 31 heavy (non-hydrogen) atoms. The van der Waals surface area contributed by atoms with Crippen LogP contribution in [0.1, 0.15) is 42.6 Å². The average Bonchev–Trinajstić information content (AvgIpc) is 2.79. The van der Waals surface area contributed by atoms with Gasteiger partial charge in [-0.3, -0.25) is 14.4 Å². The average molecular weight is 426 g/mol. The third-order valence-corrected chi connectivity index (χ3v) is 5.50. The molecule has 0 radical (unpaired) electrons. The number of likely N-dealkylation sites (tertiary alicyclic amines) is 1. The van der Waals surface area contributed by atoms with Crippen molar-refractivity contribution in [3.63, 3.8) is 0 Å². The molecular weight excluding hydrogens is 399 g/mol. The fraction of sp³-hybridized carbons (Fsp3) is 0.375. The monoisotopic (exact) mass is 426 g/mol. The van der Waals surface area contributed by atoms with Gasteiger partial charge in [0.1, 0.15) is 5.82 Å². The zero-order valence-electron chi connectivity index (χ0n) is 17.8. The summed E-state index contributed by atoms with van der Waals surface area (Å²) in [5, 5.41) is 2.75. The van der Waals surface area contributed by atoms with Crippen molar-refractivity contribution < 1.29 is 23.5 Å². The summed E-state index contributed by atoms with van der Waals surface area (Å²) in [4.78, 5) is 39.0. The number of nitrogens with zero attached hydrogens (tertiary/aromatic N) is 1. The van der Waals surface area contributed by atoms with E-state index in [1.165, 1.54) is 29.8 Å². The molecule has 3 rings (SSSR count). The standard InChI is InChI=1S/C24H27FN2O4/c1-3-17-4-10-21(11-5-17)26-22(28)16(2)31-24(30)19-12-14-27(15-13-19)23(29)18-6-8-20(25)9-7-18/h4-11,16,19H,3,12-15H2,1-2H3,(H,26,28)/t16-/m1/s1. The molecular formula is C24H27FN2O4. The van der Waals surface area contributed by atoms with E-state index in [0.717, 1.165) is 6.42 Å². The van der Waals surface area contributed by atoms with Crippen LogP contribution in [0.3, 0.4) is 0 Å². The number of ether oxygens (including phenoxy) is 1. The van der Waals surface area contributed by atoms with Crippen molar-refractivity contribution >= 4 is 23.5 Å². The van der Waals surface area contributed by atoms with Crippen molar-refractivity contribution in [2.24, 2.45) is 5.92 Å². The van der Waals surface area contributed by atoms with Crippen molar-refractivity contribution in [2.75, 3.05) is 18.4 Å². The van der Waals surface area contributed by atoms with Crippen LogP contribution in [0.2, 0.25) is 0 Å². The lowest BCUT2D eigenvalue weighted by Crippen LogP contribution is -2.41. The molecule has 1 heterocycles. The summed E-state index contributed by atoms with van der Waals surface area (Å²) >= 11 is 0. The largest absolute Gasteiger partial charge is 0.452 e. The van der Waals surface area contributed by atoms with Gasteiger partial charge in [-0.25, -0.2) is 4.39 Å². The molecule has 1 atom stereocenters. The molecule has 0 bridgehead atoms. The Morgan fingerprint density at radius 2 is 1.68 bits per heavy atom. The lowest BCUT2D eigenvalue weighted by molar-refractivity contribution is -0.158. The molecule has 1 N–H and O–H groups in total. The lowest BCUT2D eigenvalue weighted by atomic mass is 9.96. The van der Waals surface area contributed by atoms with Gasteiger partial charge in [0.05, 0.1) is 5.92 Å². The van der Waals surface area contributed by atoms with Crippen LogP contribution in [-0.2, 0) is 20.7 Å². The molecule has 164 valence electrons. The Balaban J connectivity index is 1.46. The number of piperidine rings is 1. The molecule has 1 aliphatic heterocycles. The van der Waals surface area contributed by atoms with Crippen molar-refractivity contribution in [1.29, 1.82) is 0 Å². The summed E-state index contributed by atoms with van der Waals surface area (Å²) in [6.45, 7) is 4.40. The van der Waals surface area contributed by atoms with Gasteiger partial charge in [0.15, 0.2) is 6.10 Å². The van der Waals surface area contributed by atoms with Crippen LogP contribution < -0.4 is 5.32 Å². The first-order valence-corrected chi connectivity index (χ1v) is 10.5. The number of rotatable bonds is 6. The zero-order chi connectivity index (χ0) is 22.4. The second-order valence-electron chi connectivity index (χ2n) is 7.69. The molecule has 1 aliphatic rings. The van der Waals surface area contributed by atoms with Crippen LogP contribution >= 0.6 is 0 Å². The predicted octanol–water partition coefficient (Wildman–Crippen LogP) is 3.81. The summed E-state index contributed by atoms with van der Waals surface area (Å²) in [5.41, 5.74) is 2.24. The Morgan fingerprint density at radius 1 is 1.06 bits per heavy atom. The molecule has 0 aliphatic carbocycles. The molecule has 6 nitrogen and oxygen atoms in total. The van der Waals surface area contributed by atoms with Gasteiger partial charge in [-0.1, -0.05) is 19.1 Å². The van der Waals surface area contributed by atoms with Gasteiger partial charge in [0.2, 0.25) is 0 Å². The first kappa shape index (κ1) is 22.5. The molecule has 0 spiro atoms.